The maximum absolute atomic E-state index is 13.0. The summed E-state index contributed by atoms with van der Waals surface area (Å²) in [5.74, 6) is -1.63. The Bertz CT molecular complexity index is 1330. The molecule has 4 rings (SSSR count). The van der Waals surface area contributed by atoms with Crippen LogP contribution in [0.25, 0.3) is 16.9 Å². The van der Waals surface area contributed by atoms with Crippen molar-refractivity contribution in [1.82, 2.24) is 24.4 Å². The van der Waals surface area contributed by atoms with Crippen LogP contribution in [0.5, 0.6) is 0 Å². The van der Waals surface area contributed by atoms with Crippen molar-refractivity contribution < 1.29 is 19.5 Å². The molecule has 0 bridgehead atoms. The number of hydrogen-bond acceptors (Lipinski definition) is 6. The molecule has 0 radical (unpaired) electrons. The zero-order valence-corrected chi connectivity index (χ0v) is 16.8. The number of carboxylic acids is 1. The maximum Gasteiger partial charge on any atom is 0.328 e. The van der Waals surface area contributed by atoms with Gasteiger partial charge in [-0.05, 0) is 31.2 Å². The normalized spacial score (nSPS) is 11.9. The Morgan fingerprint density at radius 3 is 2.87 bits per heavy atom. The summed E-state index contributed by atoms with van der Waals surface area (Å²) in [5, 5.41) is 20.8. The SMILES string of the molecule is CC(C(=O)O)n1cc(NC(=O)c2cnn3cccnc23)c(-c2cc(Cl)ccc2C=O)n1. The van der Waals surface area contributed by atoms with Crippen molar-refractivity contribution in [2.45, 2.75) is 13.0 Å². The number of fused-ring (bicyclic) bond motifs is 1. The number of carboxylic acid groups (broad SMARTS) is 1. The number of nitrogens with zero attached hydrogens (tertiary/aromatic N) is 5. The second-order valence-corrected chi connectivity index (χ2v) is 7.07. The first-order valence-corrected chi connectivity index (χ1v) is 9.43. The fourth-order valence-corrected chi connectivity index (χ4v) is 3.18. The number of carbonyl (C=O) groups excluding carboxylic acids is 2. The average Bonchev–Trinajstić information content (AvgIpc) is 3.37. The Morgan fingerprint density at radius 1 is 1.32 bits per heavy atom. The highest BCUT2D eigenvalue weighted by atomic mass is 35.5. The number of amides is 1. The number of anilines is 1. The summed E-state index contributed by atoms with van der Waals surface area (Å²) in [6, 6.07) is 5.26. The molecule has 3 aromatic heterocycles. The van der Waals surface area contributed by atoms with Gasteiger partial charge in [-0.2, -0.15) is 10.2 Å². The van der Waals surface area contributed by atoms with Crippen molar-refractivity contribution in [1.29, 1.82) is 0 Å². The highest BCUT2D eigenvalue weighted by Gasteiger charge is 2.23. The van der Waals surface area contributed by atoms with Gasteiger partial charge < -0.3 is 10.4 Å². The molecule has 11 heteroatoms. The van der Waals surface area contributed by atoms with Gasteiger partial charge in [0.15, 0.2) is 11.9 Å². The van der Waals surface area contributed by atoms with Gasteiger partial charge in [-0.15, -0.1) is 0 Å². The van der Waals surface area contributed by atoms with E-state index in [9.17, 15) is 19.5 Å². The first kappa shape index (κ1) is 20.2. The van der Waals surface area contributed by atoms with Gasteiger partial charge in [0.2, 0.25) is 0 Å². The fraction of sp³-hybridized carbons (Fsp3) is 0.100. The van der Waals surface area contributed by atoms with Gasteiger partial charge in [-0.25, -0.2) is 14.3 Å². The number of aliphatic carboxylic acids is 1. The molecule has 2 N–H and O–H groups in total. The summed E-state index contributed by atoms with van der Waals surface area (Å²) in [5.41, 5.74) is 1.61. The van der Waals surface area contributed by atoms with Gasteiger partial charge in [0.25, 0.3) is 5.91 Å². The molecule has 3 heterocycles. The molecule has 10 nitrogen and oxygen atoms in total. The van der Waals surface area contributed by atoms with Crippen LogP contribution in [0.15, 0.2) is 49.1 Å². The van der Waals surface area contributed by atoms with Crippen molar-refractivity contribution in [3.63, 3.8) is 0 Å². The van der Waals surface area contributed by atoms with E-state index in [1.807, 2.05) is 0 Å². The molecule has 0 saturated carbocycles. The number of carbonyl (C=O) groups is 3. The summed E-state index contributed by atoms with van der Waals surface area (Å²) in [6.45, 7) is 1.44. The lowest BCUT2D eigenvalue weighted by molar-refractivity contribution is -0.140. The van der Waals surface area contributed by atoms with Crippen molar-refractivity contribution in [2.75, 3.05) is 5.32 Å². The van der Waals surface area contributed by atoms with E-state index in [2.05, 4.69) is 20.5 Å². The van der Waals surface area contributed by atoms with Gasteiger partial charge in [-0.3, -0.25) is 14.3 Å². The maximum atomic E-state index is 13.0. The van der Waals surface area contributed by atoms with Gasteiger partial charge in [0, 0.05) is 28.5 Å². The lowest BCUT2D eigenvalue weighted by Crippen LogP contribution is -2.16. The van der Waals surface area contributed by atoms with E-state index in [1.165, 1.54) is 46.8 Å². The van der Waals surface area contributed by atoms with Crippen LogP contribution in [0, 0.1) is 0 Å². The first-order valence-electron chi connectivity index (χ1n) is 9.06. The minimum atomic E-state index is -1.11. The summed E-state index contributed by atoms with van der Waals surface area (Å²) in [4.78, 5) is 40.1. The van der Waals surface area contributed by atoms with E-state index in [-0.39, 0.29) is 22.5 Å². The van der Waals surface area contributed by atoms with Gasteiger partial charge in [0.05, 0.1) is 18.1 Å². The molecule has 0 aliphatic heterocycles. The molecule has 0 spiro atoms. The van der Waals surface area contributed by atoms with Crippen molar-refractivity contribution >= 4 is 41.1 Å². The van der Waals surface area contributed by atoms with Crippen molar-refractivity contribution in [3.8, 4) is 11.3 Å². The minimum absolute atomic E-state index is 0.204. The molecule has 0 aliphatic carbocycles. The highest BCUT2D eigenvalue weighted by molar-refractivity contribution is 6.31. The van der Waals surface area contributed by atoms with E-state index < -0.39 is 17.9 Å². The van der Waals surface area contributed by atoms with Gasteiger partial charge in [0.1, 0.15) is 17.3 Å². The summed E-state index contributed by atoms with van der Waals surface area (Å²) in [6.07, 6.45) is 6.58. The topological polar surface area (TPSA) is 131 Å². The van der Waals surface area contributed by atoms with Crippen LogP contribution in [-0.4, -0.2) is 47.6 Å². The minimum Gasteiger partial charge on any atom is -0.480 e. The smallest absolute Gasteiger partial charge is 0.328 e. The van der Waals surface area contributed by atoms with Crippen LogP contribution >= 0.6 is 11.6 Å². The number of aldehydes is 1. The zero-order chi connectivity index (χ0) is 22.1. The molecule has 156 valence electrons. The largest absolute Gasteiger partial charge is 0.480 e. The Morgan fingerprint density at radius 2 is 2.13 bits per heavy atom. The highest BCUT2D eigenvalue weighted by Crippen LogP contribution is 2.32. The van der Waals surface area contributed by atoms with E-state index in [0.717, 1.165) is 0 Å². The fourth-order valence-electron chi connectivity index (χ4n) is 3.01. The predicted octanol–water partition coefficient (Wildman–Crippen LogP) is 2.96. The second-order valence-electron chi connectivity index (χ2n) is 6.64. The molecule has 0 saturated heterocycles. The van der Waals surface area contributed by atoms with Gasteiger partial charge >= 0.3 is 5.97 Å². The number of halogens is 1. The molecule has 4 aromatic rings. The summed E-state index contributed by atoms with van der Waals surface area (Å²) >= 11 is 6.10. The van der Waals surface area contributed by atoms with Crippen molar-refractivity contribution in [3.05, 3.63) is 65.2 Å². The number of benzene rings is 1. The Balaban J connectivity index is 1.81. The lowest BCUT2D eigenvalue weighted by atomic mass is 10.0. The van der Waals surface area contributed by atoms with Crippen LogP contribution in [0.3, 0.4) is 0 Å². The molecule has 1 aromatic carbocycles. The van der Waals surface area contributed by atoms with E-state index >= 15 is 0 Å². The second kappa shape index (κ2) is 8.00. The van der Waals surface area contributed by atoms with E-state index in [1.54, 1.807) is 18.3 Å². The molecule has 0 fully saturated rings. The third kappa shape index (κ3) is 3.76. The molecular formula is C20H15ClN6O4. The van der Waals surface area contributed by atoms with Crippen LogP contribution in [0.4, 0.5) is 5.69 Å². The standard InChI is InChI=1S/C20H15ClN6O4/c1-11(20(30)31)27-9-16(17(25-27)14-7-13(21)4-3-12(14)10-28)24-19(29)15-8-23-26-6-2-5-22-18(15)26/h2-11H,1H3,(H,24,29)(H,30,31). The van der Waals surface area contributed by atoms with E-state index in [4.69, 9.17) is 11.6 Å². The molecule has 1 unspecified atom stereocenters. The Hall–Kier alpha value is -4.05. The third-order valence-electron chi connectivity index (χ3n) is 4.66. The lowest BCUT2D eigenvalue weighted by Gasteiger charge is -2.07. The van der Waals surface area contributed by atoms with Crippen LogP contribution in [0.1, 0.15) is 33.7 Å². The quantitative estimate of drug-likeness (QED) is 0.442. The zero-order valence-electron chi connectivity index (χ0n) is 16.1. The van der Waals surface area contributed by atoms with Crippen LogP contribution in [-0.2, 0) is 4.79 Å². The van der Waals surface area contributed by atoms with Gasteiger partial charge in [-0.1, -0.05) is 11.6 Å². The van der Waals surface area contributed by atoms with Crippen molar-refractivity contribution in [2.24, 2.45) is 0 Å². The number of nitrogens with one attached hydrogen (secondary N) is 1. The molecule has 1 atom stereocenters. The Kier molecular flexibility index (Phi) is 5.22. The summed E-state index contributed by atoms with van der Waals surface area (Å²) in [7, 11) is 0. The summed E-state index contributed by atoms with van der Waals surface area (Å²) < 4.78 is 2.64. The Labute approximate surface area is 180 Å². The average molecular weight is 439 g/mol. The molecule has 0 aliphatic rings. The first-order chi connectivity index (χ1) is 14.9. The van der Waals surface area contributed by atoms with E-state index in [0.29, 0.717) is 22.5 Å². The molecular weight excluding hydrogens is 424 g/mol. The number of rotatable bonds is 6. The monoisotopic (exact) mass is 438 g/mol. The number of hydrogen-bond donors (Lipinski definition) is 2. The van der Waals surface area contributed by atoms with Crippen LogP contribution in [0.2, 0.25) is 5.02 Å². The molecule has 31 heavy (non-hydrogen) atoms. The third-order valence-corrected chi connectivity index (χ3v) is 4.89. The van der Waals surface area contributed by atoms with Crippen LogP contribution < -0.4 is 5.32 Å². The predicted molar refractivity (Wildman–Crippen MR) is 111 cm³/mol. The number of aromatic nitrogens is 5. The molecule has 1 amide bonds.